The van der Waals surface area contributed by atoms with Gasteiger partial charge in [0.15, 0.2) is 0 Å². The van der Waals surface area contributed by atoms with E-state index in [-0.39, 0.29) is 15.5 Å². The smallest absolute Gasteiger partial charge is 0.273 e. The van der Waals surface area contributed by atoms with Crippen molar-refractivity contribution in [2.75, 3.05) is 4.72 Å². The Morgan fingerprint density at radius 3 is 2.62 bits per heavy atom. The van der Waals surface area contributed by atoms with Gasteiger partial charge >= 0.3 is 0 Å². The molecule has 2 rings (SSSR count). The van der Waals surface area contributed by atoms with E-state index in [1.807, 2.05) is 13.8 Å². The van der Waals surface area contributed by atoms with Crippen molar-refractivity contribution in [3.05, 3.63) is 47.3 Å². The van der Waals surface area contributed by atoms with E-state index in [1.54, 1.807) is 35.7 Å². The summed E-state index contributed by atoms with van der Waals surface area (Å²) in [6.45, 7) is 3.85. The van der Waals surface area contributed by atoms with Crippen molar-refractivity contribution >= 4 is 38.7 Å². The van der Waals surface area contributed by atoms with Gasteiger partial charge in [-0.3, -0.25) is 9.52 Å². The summed E-state index contributed by atoms with van der Waals surface area (Å²) in [5, 5.41) is 5.70. The minimum absolute atomic E-state index is 0.189. The Morgan fingerprint density at radius 2 is 1.96 bits per heavy atom. The number of para-hydroxylation sites is 1. The summed E-state index contributed by atoms with van der Waals surface area (Å²) in [6, 6.07) is 9.58. The van der Waals surface area contributed by atoms with Crippen LogP contribution >= 0.6 is 11.3 Å². The molecule has 1 aromatic carbocycles. The zero-order valence-electron chi connectivity index (χ0n) is 13.4. The third-order valence-corrected chi connectivity index (χ3v) is 5.90. The molecule has 0 saturated heterocycles. The lowest BCUT2D eigenvalue weighted by Crippen LogP contribution is -2.22. The number of hydrogen-bond acceptors (Lipinski definition) is 5. The van der Waals surface area contributed by atoms with E-state index in [2.05, 4.69) is 15.2 Å². The Balaban J connectivity index is 2.22. The van der Waals surface area contributed by atoms with Crippen LogP contribution in [0.1, 0.15) is 37.0 Å². The number of rotatable bonds is 7. The molecule has 0 aliphatic carbocycles. The summed E-state index contributed by atoms with van der Waals surface area (Å²) in [6.07, 6.45) is 1.72. The van der Waals surface area contributed by atoms with Gasteiger partial charge in [0, 0.05) is 5.71 Å². The zero-order chi connectivity index (χ0) is 17.6. The highest BCUT2D eigenvalue weighted by atomic mass is 32.2. The molecule has 128 valence electrons. The second-order valence-electron chi connectivity index (χ2n) is 5.12. The van der Waals surface area contributed by atoms with E-state index in [4.69, 9.17) is 0 Å². The minimum atomic E-state index is -3.71. The topological polar surface area (TPSA) is 87.6 Å². The van der Waals surface area contributed by atoms with Crippen LogP contribution in [0.25, 0.3) is 0 Å². The number of nitrogens with one attached hydrogen (secondary N) is 2. The van der Waals surface area contributed by atoms with Crippen LogP contribution in [0.15, 0.2) is 51.1 Å². The van der Waals surface area contributed by atoms with Gasteiger partial charge in [-0.15, -0.1) is 11.3 Å². The van der Waals surface area contributed by atoms with Gasteiger partial charge in [-0.1, -0.05) is 31.5 Å². The molecule has 0 atom stereocenters. The van der Waals surface area contributed by atoms with E-state index in [1.165, 1.54) is 6.07 Å². The van der Waals surface area contributed by atoms with Crippen LogP contribution in [-0.4, -0.2) is 20.0 Å². The van der Waals surface area contributed by atoms with Crippen molar-refractivity contribution < 1.29 is 13.2 Å². The molecule has 6 nitrogen and oxygen atoms in total. The van der Waals surface area contributed by atoms with Crippen LogP contribution in [0.3, 0.4) is 0 Å². The van der Waals surface area contributed by atoms with E-state index < -0.39 is 15.9 Å². The monoisotopic (exact) mass is 365 g/mol. The molecular weight excluding hydrogens is 346 g/mol. The summed E-state index contributed by atoms with van der Waals surface area (Å²) in [4.78, 5) is 12.3. The highest BCUT2D eigenvalue weighted by Gasteiger charge is 2.19. The van der Waals surface area contributed by atoms with Gasteiger partial charge < -0.3 is 0 Å². The maximum atomic E-state index is 12.3. The highest BCUT2D eigenvalue weighted by molar-refractivity contribution is 7.94. The van der Waals surface area contributed by atoms with Crippen molar-refractivity contribution in [1.29, 1.82) is 0 Å². The summed E-state index contributed by atoms with van der Waals surface area (Å²) in [5.74, 6) is -0.463. The first-order chi connectivity index (χ1) is 11.4. The van der Waals surface area contributed by atoms with Crippen molar-refractivity contribution in [2.24, 2.45) is 5.10 Å². The van der Waals surface area contributed by atoms with Gasteiger partial charge in [0.05, 0.1) is 11.3 Å². The van der Waals surface area contributed by atoms with E-state index in [0.29, 0.717) is 0 Å². The lowest BCUT2D eigenvalue weighted by atomic mass is 10.2. The Morgan fingerprint density at radius 1 is 1.21 bits per heavy atom. The van der Waals surface area contributed by atoms with Crippen LogP contribution in [0, 0.1) is 0 Å². The Kier molecular flexibility index (Phi) is 6.10. The number of nitrogens with zero attached hydrogens (tertiary/aromatic N) is 1. The Bertz CT molecular complexity index is 828. The first kappa shape index (κ1) is 18.2. The quantitative estimate of drug-likeness (QED) is 0.582. The maximum Gasteiger partial charge on any atom is 0.273 e. The van der Waals surface area contributed by atoms with Gasteiger partial charge in [-0.05, 0) is 36.9 Å². The van der Waals surface area contributed by atoms with Crippen molar-refractivity contribution in [1.82, 2.24) is 5.43 Å². The van der Waals surface area contributed by atoms with Crippen LogP contribution < -0.4 is 10.1 Å². The van der Waals surface area contributed by atoms with Crippen LogP contribution in [0.4, 0.5) is 5.69 Å². The molecule has 8 heteroatoms. The maximum absolute atomic E-state index is 12.3. The van der Waals surface area contributed by atoms with Gasteiger partial charge in [0.1, 0.15) is 4.21 Å². The van der Waals surface area contributed by atoms with Gasteiger partial charge in [0.2, 0.25) is 0 Å². The molecule has 2 N–H and O–H groups in total. The van der Waals surface area contributed by atoms with Gasteiger partial charge in [-0.25, -0.2) is 13.8 Å². The molecule has 0 bridgehead atoms. The number of anilines is 1. The molecule has 2 aromatic rings. The summed E-state index contributed by atoms with van der Waals surface area (Å²) >= 11 is 1.11. The first-order valence-electron chi connectivity index (χ1n) is 7.43. The van der Waals surface area contributed by atoms with E-state index in [9.17, 15) is 13.2 Å². The third kappa shape index (κ3) is 4.65. The number of hydrogen-bond donors (Lipinski definition) is 2. The lowest BCUT2D eigenvalue weighted by molar-refractivity contribution is 0.0955. The minimum Gasteiger partial charge on any atom is -0.278 e. The predicted octanol–water partition coefficient (Wildman–Crippen LogP) is 3.45. The Hall–Kier alpha value is -2.19. The zero-order valence-corrected chi connectivity index (χ0v) is 15.1. The lowest BCUT2D eigenvalue weighted by Gasteiger charge is -2.11. The molecule has 24 heavy (non-hydrogen) atoms. The molecule has 0 saturated carbocycles. The van der Waals surface area contributed by atoms with E-state index >= 15 is 0 Å². The van der Waals surface area contributed by atoms with Crippen LogP contribution in [-0.2, 0) is 10.0 Å². The molecular formula is C16H19N3O3S2. The number of benzene rings is 1. The number of amides is 1. The van der Waals surface area contributed by atoms with Crippen molar-refractivity contribution in [3.8, 4) is 0 Å². The fourth-order valence-electron chi connectivity index (χ4n) is 2.01. The first-order valence-corrected chi connectivity index (χ1v) is 9.79. The predicted molar refractivity (Wildman–Crippen MR) is 97.1 cm³/mol. The molecule has 0 aliphatic rings. The molecule has 0 spiro atoms. The standard InChI is InChI=1S/C16H19N3O3S2/c1-3-7-12(2)17-18-16(20)13-8-4-5-9-14(13)19-24(21,22)15-10-6-11-23-15/h4-6,8-11,19H,3,7H2,1-2H3,(H,18,20)/b17-12-. The fraction of sp³-hybridized carbons (Fsp3) is 0.250. The van der Waals surface area contributed by atoms with Crippen LogP contribution in [0.5, 0.6) is 0 Å². The second kappa shape index (κ2) is 8.07. The molecule has 1 amide bonds. The number of hydrazone groups is 1. The number of carbonyl (C=O) groups is 1. The fourth-order valence-corrected chi connectivity index (χ4v) is 4.08. The summed E-state index contributed by atoms with van der Waals surface area (Å²) in [7, 11) is -3.71. The number of thiophene rings is 1. The highest BCUT2D eigenvalue weighted by Crippen LogP contribution is 2.22. The largest absolute Gasteiger partial charge is 0.278 e. The Labute approximate surface area is 145 Å². The van der Waals surface area contributed by atoms with E-state index in [0.717, 1.165) is 29.9 Å². The van der Waals surface area contributed by atoms with Crippen molar-refractivity contribution in [3.63, 3.8) is 0 Å². The average Bonchev–Trinajstić information content (AvgIpc) is 3.08. The van der Waals surface area contributed by atoms with Gasteiger partial charge in [-0.2, -0.15) is 5.10 Å². The van der Waals surface area contributed by atoms with Crippen LogP contribution in [0.2, 0.25) is 0 Å². The van der Waals surface area contributed by atoms with Crippen molar-refractivity contribution in [2.45, 2.75) is 30.9 Å². The normalized spacial score (nSPS) is 12.0. The SMILES string of the molecule is CCC/C(C)=N\NC(=O)c1ccccc1NS(=O)(=O)c1cccs1. The molecule has 1 heterocycles. The number of sulfonamides is 1. The molecule has 0 unspecified atom stereocenters. The third-order valence-electron chi connectivity index (χ3n) is 3.14. The molecule has 0 radical (unpaired) electrons. The molecule has 0 fully saturated rings. The second-order valence-corrected chi connectivity index (χ2v) is 7.98. The number of carbonyl (C=O) groups excluding carboxylic acids is 1. The molecule has 0 aliphatic heterocycles. The summed E-state index contributed by atoms with van der Waals surface area (Å²) in [5.41, 5.74) is 3.70. The van der Waals surface area contributed by atoms with Gasteiger partial charge in [0.25, 0.3) is 15.9 Å². The summed E-state index contributed by atoms with van der Waals surface area (Å²) < 4.78 is 27.3. The molecule has 1 aromatic heterocycles. The average molecular weight is 365 g/mol.